The molecule has 25 heavy (non-hydrogen) atoms. The molecule has 0 saturated carbocycles. The number of carbonyl (C=O) groups is 1. The maximum Gasteiger partial charge on any atom is 0.259 e. The van der Waals surface area contributed by atoms with E-state index in [9.17, 15) is 4.79 Å². The van der Waals surface area contributed by atoms with Gasteiger partial charge < -0.3 is 14.8 Å². The van der Waals surface area contributed by atoms with Crippen LogP contribution in [0.3, 0.4) is 0 Å². The zero-order chi connectivity index (χ0) is 18.2. The standard InChI is InChI=1S/C18H20BrN3O3/c1-12-6-4-5-7-15(12)20-11-18(23)22-21-10-13-8-14(19)17(25-3)9-16(13)24-2/h4-10,20H,11H2,1-3H3,(H,22,23). The minimum absolute atomic E-state index is 0.131. The molecule has 0 radical (unpaired) electrons. The van der Waals surface area contributed by atoms with E-state index in [-0.39, 0.29) is 12.5 Å². The van der Waals surface area contributed by atoms with Crippen molar-refractivity contribution in [3.63, 3.8) is 0 Å². The molecule has 0 aromatic heterocycles. The molecule has 2 aromatic rings. The fraction of sp³-hybridized carbons (Fsp3) is 0.222. The minimum atomic E-state index is -0.244. The summed E-state index contributed by atoms with van der Waals surface area (Å²) >= 11 is 3.41. The third-order valence-corrected chi connectivity index (χ3v) is 4.10. The molecular weight excluding hydrogens is 386 g/mol. The summed E-state index contributed by atoms with van der Waals surface area (Å²) in [6.45, 7) is 2.11. The van der Waals surface area contributed by atoms with Crippen molar-refractivity contribution in [1.82, 2.24) is 5.43 Å². The number of carbonyl (C=O) groups excluding carboxylic acids is 1. The van der Waals surface area contributed by atoms with Gasteiger partial charge in [-0.15, -0.1) is 0 Å². The molecule has 0 saturated heterocycles. The maximum atomic E-state index is 11.9. The van der Waals surface area contributed by atoms with Gasteiger partial charge in [-0.3, -0.25) is 4.79 Å². The Labute approximate surface area is 155 Å². The van der Waals surface area contributed by atoms with Crippen LogP contribution in [0.4, 0.5) is 5.69 Å². The Kier molecular flexibility index (Phi) is 6.82. The van der Waals surface area contributed by atoms with E-state index in [0.29, 0.717) is 17.1 Å². The van der Waals surface area contributed by atoms with Crippen LogP contribution in [0.5, 0.6) is 11.5 Å². The molecular formula is C18H20BrN3O3. The summed E-state index contributed by atoms with van der Waals surface area (Å²) in [5.74, 6) is 1.00. The van der Waals surface area contributed by atoms with Crippen LogP contribution < -0.4 is 20.2 Å². The first kappa shape index (κ1) is 18.8. The van der Waals surface area contributed by atoms with Gasteiger partial charge in [-0.25, -0.2) is 5.43 Å². The van der Waals surface area contributed by atoms with Gasteiger partial charge in [0.15, 0.2) is 0 Å². The fourth-order valence-electron chi connectivity index (χ4n) is 2.14. The topological polar surface area (TPSA) is 72.0 Å². The Bertz CT molecular complexity index is 778. The first-order chi connectivity index (χ1) is 12.0. The van der Waals surface area contributed by atoms with Crippen molar-refractivity contribution in [3.8, 4) is 11.5 Å². The second-order valence-corrected chi connectivity index (χ2v) is 6.04. The number of rotatable bonds is 7. The van der Waals surface area contributed by atoms with Gasteiger partial charge in [0, 0.05) is 17.3 Å². The highest BCUT2D eigenvalue weighted by Crippen LogP contribution is 2.31. The average molecular weight is 406 g/mol. The molecule has 0 atom stereocenters. The Hall–Kier alpha value is -2.54. The number of aryl methyl sites for hydroxylation is 1. The second-order valence-electron chi connectivity index (χ2n) is 5.19. The van der Waals surface area contributed by atoms with Crippen molar-refractivity contribution < 1.29 is 14.3 Å². The lowest BCUT2D eigenvalue weighted by Gasteiger charge is -2.09. The molecule has 0 fully saturated rings. The molecule has 7 heteroatoms. The number of nitrogens with zero attached hydrogens (tertiary/aromatic N) is 1. The van der Waals surface area contributed by atoms with E-state index in [1.54, 1.807) is 26.4 Å². The molecule has 0 aliphatic carbocycles. The monoisotopic (exact) mass is 405 g/mol. The van der Waals surface area contributed by atoms with Gasteiger partial charge in [-0.05, 0) is 40.5 Å². The Balaban J connectivity index is 1.95. The first-order valence-corrected chi connectivity index (χ1v) is 8.37. The lowest BCUT2D eigenvalue weighted by molar-refractivity contribution is -0.119. The summed E-state index contributed by atoms with van der Waals surface area (Å²) in [5.41, 5.74) is 5.19. The second kappa shape index (κ2) is 9.08. The van der Waals surface area contributed by atoms with Crippen molar-refractivity contribution in [1.29, 1.82) is 0 Å². The number of para-hydroxylation sites is 1. The average Bonchev–Trinajstić information content (AvgIpc) is 2.61. The Morgan fingerprint density at radius 3 is 2.60 bits per heavy atom. The molecule has 2 rings (SSSR count). The van der Waals surface area contributed by atoms with Crippen LogP contribution in [0.2, 0.25) is 0 Å². The predicted octanol–water partition coefficient (Wildman–Crippen LogP) is 3.34. The molecule has 132 valence electrons. The van der Waals surface area contributed by atoms with Crippen molar-refractivity contribution in [2.24, 2.45) is 5.10 Å². The van der Waals surface area contributed by atoms with E-state index in [2.05, 4.69) is 31.8 Å². The fourth-order valence-corrected chi connectivity index (χ4v) is 2.67. The molecule has 1 amide bonds. The number of methoxy groups -OCH3 is 2. The molecule has 2 N–H and O–H groups in total. The molecule has 0 spiro atoms. The third-order valence-electron chi connectivity index (χ3n) is 3.48. The van der Waals surface area contributed by atoms with Crippen LogP contribution >= 0.6 is 15.9 Å². The quantitative estimate of drug-likeness (QED) is 0.547. The van der Waals surface area contributed by atoms with E-state index in [1.807, 2.05) is 31.2 Å². The lowest BCUT2D eigenvalue weighted by Crippen LogP contribution is -2.26. The number of hydrogen-bond donors (Lipinski definition) is 2. The summed E-state index contributed by atoms with van der Waals surface area (Å²) in [6, 6.07) is 11.3. The summed E-state index contributed by atoms with van der Waals surface area (Å²) in [5, 5.41) is 7.05. The smallest absolute Gasteiger partial charge is 0.259 e. The SMILES string of the molecule is COc1cc(OC)c(C=NNC(=O)CNc2ccccc2C)cc1Br. The molecule has 0 bridgehead atoms. The Morgan fingerprint density at radius 1 is 1.20 bits per heavy atom. The molecule has 0 heterocycles. The van der Waals surface area contributed by atoms with Gasteiger partial charge in [0.1, 0.15) is 11.5 Å². The minimum Gasteiger partial charge on any atom is -0.496 e. The van der Waals surface area contributed by atoms with Gasteiger partial charge >= 0.3 is 0 Å². The van der Waals surface area contributed by atoms with Gasteiger partial charge in [-0.1, -0.05) is 18.2 Å². The number of halogens is 1. The number of hydrogen-bond acceptors (Lipinski definition) is 5. The molecule has 0 aliphatic heterocycles. The zero-order valence-corrected chi connectivity index (χ0v) is 15.9. The van der Waals surface area contributed by atoms with Crippen molar-refractivity contribution in [2.45, 2.75) is 6.92 Å². The third kappa shape index (κ3) is 5.22. The summed E-state index contributed by atoms with van der Waals surface area (Å²) in [7, 11) is 3.14. The highest BCUT2D eigenvalue weighted by Gasteiger charge is 2.08. The van der Waals surface area contributed by atoms with Crippen molar-refractivity contribution in [2.75, 3.05) is 26.1 Å². The van der Waals surface area contributed by atoms with E-state index in [1.165, 1.54) is 6.21 Å². The first-order valence-electron chi connectivity index (χ1n) is 7.58. The highest BCUT2D eigenvalue weighted by molar-refractivity contribution is 9.10. The largest absolute Gasteiger partial charge is 0.496 e. The summed E-state index contributed by atoms with van der Waals surface area (Å²) < 4.78 is 11.3. The molecule has 0 aliphatic rings. The Morgan fingerprint density at radius 2 is 1.92 bits per heavy atom. The number of nitrogens with one attached hydrogen (secondary N) is 2. The van der Waals surface area contributed by atoms with Gasteiger partial charge in [0.2, 0.25) is 0 Å². The normalized spacial score (nSPS) is 10.6. The van der Waals surface area contributed by atoms with Crippen LogP contribution in [0.25, 0.3) is 0 Å². The van der Waals surface area contributed by atoms with Crippen LogP contribution in [0.15, 0.2) is 46.0 Å². The molecule has 0 unspecified atom stereocenters. The zero-order valence-electron chi connectivity index (χ0n) is 14.3. The predicted molar refractivity (Wildman–Crippen MR) is 103 cm³/mol. The van der Waals surface area contributed by atoms with Crippen LogP contribution in [0, 0.1) is 6.92 Å². The number of benzene rings is 2. The van der Waals surface area contributed by atoms with Crippen LogP contribution in [0.1, 0.15) is 11.1 Å². The summed E-state index contributed by atoms with van der Waals surface area (Å²) in [4.78, 5) is 11.9. The van der Waals surface area contributed by atoms with Crippen molar-refractivity contribution >= 4 is 33.7 Å². The van der Waals surface area contributed by atoms with Crippen molar-refractivity contribution in [3.05, 3.63) is 52.0 Å². The number of amides is 1. The van der Waals surface area contributed by atoms with Crippen LogP contribution in [-0.2, 0) is 4.79 Å². The van der Waals surface area contributed by atoms with E-state index in [0.717, 1.165) is 15.7 Å². The van der Waals surface area contributed by atoms with E-state index in [4.69, 9.17) is 9.47 Å². The van der Waals surface area contributed by atoms with Gasteiger partial charge in [0.25, 0.3) is 5.91 Å². The number of hydrazone groups is 1. The molecule has 2 aromatic carbocycles. The highest BCUT2D eigenvalue weighted by atomic mass is 79.9. The number of ether oxygens (including phenoxy) is 2. The molecule has 6 nitrogen and oxygen atoms in total. The van der Waals surface area contributed by atoms with Gasteiger partial charge in [-0.2, -0.15) is 5.10 Å². The maximum absolute atomic E-state index is 11.9. The summed E-state index contributed by atoms with van der Waals surface area (Å²) in [6.07, 6.45) is 1.52. The van der Waals surface area contributed by atoms with Crippen LogP contribution in [-0.4, -0.2) is 32.9 Å². The van der Waals surface area contributed by atoms with Gasteiger partial charge in [0.05, 0.1) is 31.5 Å². The van der Waals surface area contributed by atoms with E-state index < -0.39 is 0 Å². The number of anilines is 1. The van der Waals surface area contributed by atoms with E-state index >= 15 is 0 Å². The lowest BCUT2D eigenvalue weighted by atomic mass is 10.2.